The summed E-state index contributed by atoms with van der Waals surface area (Å²) in [7, 11) is 0. The number of nitrogens with zero attached hydrogens (tertiary/aromatic N) is 1. The van der Waals surface area contributed by atoms with Crippen LogP contribution >= 0.6 is 11.6 Å². The summed E-state index contributed by atoms with van der Waals surface area (Å²) in [5.74, 6) is -0.413. The number of hydrogen-bond acceptors (Lipinski definition) is 3. The Kier molecular flexibility index (Phi) is 3.07. The molecule has 0 saturated heterocycles. The van der Waals surface area contributed by atoms with E-state index in [1.165, 1.54) is 4.57 Å². The van der Waals surface area contributed by atoms with Crippen LogP contribution in [0.15, 0.2) is 32.2 Å². The normalized spacial score (nSPS) is 11.3. The minimum absolute atomic E-state index is 0.250. The first-order chi connectivity index (χ1) is 8.00. The molecule has 1 aromatic carbocycles. The molecule has 17 heavy (non-hydrogen) atoms. The topological polar surface area (TPSA) is 52.2 Å². The lowest BCUT2D eigenvalue weighted by atomic mass is 10.2. The summed E-state index contributed by atoms with van der Waals surface area (Å²) in [5, 5.41) is 0.714. The molecule has 0 saturated carbocycles. The maximum atomic E-state index is 11.7. The van der Waals surface area contributed by atoms with Crippen molar-refractivity contribution in [1.29, 1.82) is 0 Å². The zero-order valence-corrected chi connectivity index (χ0v) is 10.3. The first-order valence-electron chi connectivity index (χ1n) is 5.33. The van der Waals surface area contributed by atoms with Gasteiger partial charge < -0.3 is 4.42 Å². The van der Waals surface area contributed by atoms with Gasteiger partial charge in [-0.3, -0.25) is 4.57 Å². The van der Waals surface area contributed by atoms with Gasteiger partial charge in [0.05, 0.1) is 15.9 Å². The van der Waals surface area contributed by atoms with Gasteiger partial charge in [-0.05, 0) is 18.1 Å². The molecule has 0 atom stereocenters. The second-order valence-corrected chi connectivity index (χ2v) is 4.70. The molecule has 0 spiro atoms. The van der Waals surface area contributed by atoms with Crippen molar-refractivity contribution in [1.82, 2.24) is 4.57 Å². The molecule has 5 heteroatoms. The second kappa shape index (κ2) is 4.37. The van der Waals surface area contributed by atoms with E-state index in [0.717, 1.165) is 0 Å². The van der Waals surface area contributed by atoms with Crippen molar-refractivity contribution in [2.24, 2.45) is 5.92 Å². The number of benzene rings is 1. The number of para-hydroxylation sites is 1. The minimum Gasteiger partial charge on any atom is -0.372 e. The monoisotopic (exact) mass is 253 g/mol. The Balaban J connectivity index is 2.91. The molecule has 0 aliphatic rings. The highest BCUT2D eigenvalue weighted by atomic mass is 35.5. The summed E-state index contributed by atoms with van der Waals surface area (Å²) in [6.07, 6.45) is 0. The van der Waals surface area contributed by atoms with Gasteiger partial charge in [-0.15, -0.1) is 0 Å². The van der Waals surface area contributed by atoms with E-state index in [1.54, 1.807) is 18.2 Å². The molecule has 0 unspecified atom stereocenters. The van der Waals surface area contributed by atoms with Gasteiger partial charge in [0, 0.05) is 6.54 Å². The summed E-state index contributed by atoms with van der Waals surface area (Å²) in [6, 6.07) is 4.91. The molecule has 0 fully saturated rings. The molecule has 0 radical (unpaired) electrons. The Morgan fingerprint density at radius 3 is 2.71 bits per heavy atom. The van der Waals surface area contributed by atoms with Gasteiger partial charge in [0.2, 0.25) is 0 Å². The molecule has 0 aliphatic heterocycles. The van der Waals surface area contributed by atoms with Gasteiger partial charge >= 0.3 is 11.4 Å². The van der Waals surface area contributed by atoms with E-state index in [9.17, 15) is 9.59 Å². The molecule has 4 nitrogen and oxygen atoms in total. The van der Waals surface area contributed by atoms with E-state index in [4.69, 9.17) is 11.6 Å². The molecule has 0 N–H and O–H groups in total. The standard InChI is InChI=1S/C12H12ClNO3/c1-7(2)6-14-10-8(4-3-5-9(10)13)11(15)17-12(14)16/h3-5,7H,6H2,1-2H3. The van der Waals surface area contributed by atoms with E-state index < -0.39 is 11.4 Å². The van der Waals surface area contributed by atoms with E-state index in [0.29, 0.717) is 22.5 Å². The Morgan fingerprint density at radius 2 is 2.06 bits per heavy atom. The Labute approximate surface area is 102 Å². The highest BCUT2D eigenvalue weighted by Crippen LogP contribution is 2.20. The van der Waals surface area contributed by atoms with Crippen LogP contribution in [0.25, 0.3) is 10.9 Å². The molecule has 1 heterocycles. The summed E-state index contributed by atoms with van der Waals surface area (Å²) in [6.45, 7) is 4.41. The van der Waals surface area contributed by atoms with Crippen LogP contribution in [0, 0.1) is 5.92 Å². The minimum atomic E-state index is -0.663. The first-order valence-corrected chi connectivity index (χ1v) is 5.70. The van der Waals surface area contributed by atoms with Crippen LogP contribution in [-0.4, -0.2) is 4.57 Å². The van der Waals surface area contributed by atoms with Crippen LogP contribution in [0.2, 0.25) is 5.02 Å². The van der Waals surface area contributed by atoms with Gasteiger partial charge in [0.25, 0.3) is 0 Å². The predicted octanol–water partition coefficient (Wildman–Crippen LogP) is 2.26. The molecule has 1 aromatic heterocycles. The first kappa shape index (κ1) is 11.9. The lowest BCUT2D eigenvalue weighted by Crippen LogP contribution is -2.26. The number of aromatic nitrogens is 1. The number of fused-ring (bicyclic) bond motifs is 1. The third-order valence-electron chi connectivity index (χ3n) is 2.42. The molecule has 90 valence electrons. The van der Waals surface area contributed by atoms with Crippen molar-refractivity contribution in [3.8, 4) is 0 Å². The highest BCUT2D eigenvalue weighted by molar-refractivity contribution is 6.35. The Hall–Kier alpha value is -1.55. The van der Waals surface area contributed by atoms with E-state index in [1.807, 2.05) is 13.8 Å². The van der Waals surface area contributed by atoms with Crippen molar-refractivity contribution in [3.05, 3.63) is 44.2 Å². The van der Waals surface area contributed by atoms with Crippen LogP contribution in [-0.2, 0) is 6.54 Å². The highest BCUT2D eigenvalue weighted by Gasteiger charge is 2.12. The number of rotatable bonds is 2. The fourth-order valence-corrected chi connectivity index (χ4v) is 2.04. The smallest absolute Gasteiger partial charge is 0.372 e. The quantitative estimate of drug-likeness (QED) is 0.825. The molecule has 0 amide bonds. The summed E-state index contributed by atoms with van der Waals surface area (Å²) < 4.78 is 6.08. The lowest BCUT2D eigenvalue weighted by Gasteiger charge is -2.11. The van der Waals surface area contributed by atoms with Crippen molar-refractivity contribution in [2.45, 2.75) is 20.4 Å². The fourth-order valence-electron chi connectivity index (χ4n) is 1.77. The molecule has 0 aliphatic carbocycles. The van der Waals surface area contributed by atoms with Gasteiger partial charge in [-0.2, -0.15) is 0 Å². The average Bonchev–Trinajstić information content (AvgIpc) is 2.24. The number of hydrogen-bond donors (Lipinski definition) is 0. The van der Waals surface area contributed by atoms with Crippen LogP contribution in [0.4, 0.5) is 0 Å². The second-order valence-electron chi connectivity index (χ2n) is 4.30. The predicted molar refractivity (Wildman–Crippen MR) is 66.6 cm³/mol. The largest absolute Gasteiger partial charge is 0.422 e. The Morgan fingerprint density at radius 1 is 1.35 bits per heavy atom. The summed E-state index contributed by atoms with van der Waals surface area (Å²) >= 11 is 6.05. The maximum absolute atomic E-state index is 11.7. The van der Waals surface area contributed by atoms with Crippen LogP contribution in [0.1, 0.15) is 13.8 Å². The lowest BCUT2D eigenvalue weighted by molar-refractivity contribution is 0.393. The molecular formula is C12H12ClNO3. The van der Waals surface area contributed by atoms with E-state index in [2.05, 4.69) is 4.42 Å². The Bertz CT molecular complexity index is 669. The molecule has 2 aromatic rings. The van der Waals surface area contributed by atoms with Crippen LogP contribution < -0.4 is 11.4 Å². The van der Waals surface area contributed by atoms with E-state index in [-0.39, 0.29) is 5.92 Å². The van der Waals surface area contributed by atoms with Gasteiger partial charge in [-0.1, -0.05) is 31.5 Å². The van der Waals surface area contributed by atoms with Gasteiger partial charge in [-0.25, -0.2) is 9.59 Å². The SMILES string of the molecule is CC(C)Cn1c(=O)oc(=O)c2cccc(Cl)c21. The van der Waals surface area contributed by atoms with Crippen molar-refractivity contribution >= 4 is 22.5 Å². The van der Waals surface area contributed by atoms with Crippen LogP contribution in [0.5, 0.6) is 0 Å². The zero-order chi connectivity index (χ0) is 12.6. The summed E-state index contributed by atoms with van der Waals surface area (Å²) in [4.78, 5) is 23.2. The maximum Gasteiger partial charge on any atom is 0.422 e. The van der Waals surface area contributed by atoms with E-state index >= 15 is 0 Å². The fraction of sp³-hybridized carbons (Fsp3) is 0.333. The molecular weight excluding hydrogens is 242 g/mol. The van der Waals surface area contributed by atoms with Gasteiger partial charge in [0.15, 0.2) is 0 Å². The molecule has 0 bridgehead atoms. The van der Waals surface area contributed by atoms with Crippen LogP contribution in [0.3, 0.4) is 0 Å². The van der Waals surface area contributed by atoms with Gasteiger partial charge in [0.1, 0.15) is 0 Å². The summed E-state index contributed by atoms with van der Waals surface area (Å²) in [5.41, 5.74) is -0.198. The third kappa shape index (κ3) is 2.13. The van der Waals surface area contributed by atoms with Crippen molar-refractivity contribution in [2.75, 3.05) is 0 Å². The third-order valence-corrected chi connectivity index (χ3v) is 2.73. The van der Waals surface area contributed by atoms with Crippen molar-refractivity contribution in [3.63, 3.8) is 0 Å². The average molecular weight is 254 g/mol. The zero-order valence-electron chi connectivity index (χ0n) is 9.57. The molecule has 2 rings (SSSR count). The van der Waals surface area contributed by atoms with Crippen molar-refractivity contribution < 1.29 is 4.42 Å². The number of halogens is 1.